The third-order valence-electron chi connectivity index (χ3n) is 5.82. The van der Waals surface area contributed by atoms with Crippen molar-refractivity contribution in [1.29, 1.82) is 0 Å². The topological polar surface area (TPSA) is 75.3 Å². The first-order chi connectivity index (χ1) is 16.6. The monoisotopic (exact) mass is 521 g/mol. The largest absolute Gasteiger partial charge is 0.517 e. The summed E-state index contributed by atoms with van der Waals surface area (Å²) >= 11 is 1.35. The molecule has 1 N–H and O–H groups in total. The van der Waals surface area contributed by atoms with Gasteiger partial charge < -0.3 is 18.3 Å². The van der Waals surface area contributed by atoms with E-state index in [0.717, 1.165) is 63.7 Å². The fourth-order valence-corrected chi connectivity index (χ4v) is 7.00. The molecule has 7 nitrogen and oxygen atoms in total. The van der Waals surface area contributed by atoms with Gasteiger partial charge in [-0.15, -0.1) is 0 Å². The number of carbonyl (C=O) groups excluding carboxylic acids is 1. The molecule has 1 heterocycles. The number of hydrogen-bond donors (Lipinski definition) is 1. The molecule has 1 aliphatic heterocycles. The lowest BCUT2D eigenvalue weighted by atomic mass is 9.99. The van der Waals surface area contributed by atoms with Gasteiger partial charge in [0.1, 0.15) is 0 Å². The van der Waals surface area contributed by atoms with Crippen LogP contribution in [0.3, 0.4) is 0 Å². The molecule has 1 saturated heterocycles. The van der Waals surface area contributed by atoms with E-state index in [9.17, 15) is 4.79 Å². The van der Waals surface area contributed by atoms with E-state index in [1.54, 1.807) is 6.92 Å². The van der Waals surface area contributed by atoms with Crippen molar-refractivity contribution in [3.63, 3.8) is 0 Å². The van der Waals surface area contributed by atoms with Gasteiger partial charge in [-0.2, -0.15) is 0 Å². The zero-order valence-corrected chi connectivity index (χ0v) is 23.9. The van der Waals surface area contributed by atoms with E-state index in [1.165, 1.54) is 50.3 Å². The van der Waals surface area contributed by atoms with E-state index >= 15 is 0 Å². The maximum atomic E-state index is 11.3. The number of hydrogen-bond acceptors (Lipinski definition) is 8. The van der Waals surface area contributed by atoms with Crippen LogP contribution in [0, 0.1) is 5.92 Å². The molecule has 2 atom stereocenters. The van der Waals surface area contributed by atoms with Crippen molar-refractivity contribution in [2.24, 2.45) is 5.92 Å². The quantitative estimate of drug-likeness (QED) is 0.151. The van der Waals surface area contributed by atoms with Crippen LogP contribution in [0.4, 0.5) is 0 Å². The van der Waals surface area contributed by atoms with Crippen LogP contribution >= 0.6 is 11.8 Å². The molecule has 0 aromatic rings. The first-order valence-electron chi connectivity index (χ1n) is 13.6. The third-order valence-corrected chi connectivity index (χ3v) is 9.43. The Morgan fingerprint density at radius 2 is 1.65 bits per heavy atom. The van der Waals surface area contributed by atoms with E-state index in [0.29, 0.717) is 32.3 Å². The van der Waals surface area contributed by atoms with Gasteiger partial charge in [-0.25, -0.2) is 5.48 Å². The molecule has 0 aliphatic carbocycles. The summed E-state index contributed by atoms with van der Waals surface area (Å²) in [4.78, 5) is 11.3. The highest BCUT2D eigenvalue weighted by Gasteiger charge is 2.42. The molecule has 2 unspecified atom stereocenters. The van der Waals surface area contributed by atoms with Crippen LogP contribution in [0.1, 0.15) is 91.4 Å². The fraction of sp³-hybridized carbons (Fsp3) is 0.960. The molecular formula is C25H51NO6SSi. The van der Waals surface area contributed by atoms with Crippen molar-refractivity contribution in [2.45, 2.75) is 97.4 Å². The number of ether oxygens (including phenoxy) is 2. The van der Waals surface area contributed by atoms with Crippen LogP contribution in [0.2, 0.25) is 6.04 Å². The summed E-state index contributed by atoms with van der Waals surface area (Å²) in [6.45, 7) is 11.1. The Balaban J connectivity index is 2.25. The van der Waals surface area contributed by atoms with Crippen LogP contribution in [-0.4, -0.2) is 65.9 Å². The molecule has 1 aliphatic rings. The molecule has 0 aromatic heterocycles. The molecule has 0 radical (unpaired) electrons. The van der Waals surface area contributed by atoms with Gasteiger partial charge in [-0.05, 0) is 44.4 Å². The van der Waals surface area contributed by atoms with E-state index in [4.69, 9.17) is 22.9 Å². The van der Waals surface area contributed by atoms with Crippen LogP contribution in [-0.2, 0) is 27.6 Å². The van der Waals surface area contributed by atoms with Crippen molar-refractivity contribution in [3.8, 4) is 0 Å². The van der Waals surface area contributed by atoms with Gasteiger partial charge in [0.25, 0.3) is 0 Å². The van der Waals surface area contributed by atoms with Gasteiger partial charge in [-0.1, -0.05) is 57.7 Å². The van der Waals surface area contributed by atoms with Crippen LogP contribution < -0.4 is 5.48 Å². The zero-order chi connectivity index (χ0) is 24.7. The minimum atomic E-state index is -2.81. The summed E-state index contributed by atoms with van der Waals surface area (Å²) in [5.74, 6) is 1.34. The molecule has 0 bridgehead atoms. The average Bonchev–Trinajstić information content (AvgIpc) is 2.81. The van der Waals surface area contributed by atoms with Crippen LogP contribution in [0.15, 0.2) is 0 Å². The third kappa shape index (κ3) is 17.4. The predicted octanol–water partition coefficient (Wildman–Crippen LogP) is 5.75. The minimum Gasteiger partial charge on any atom is -0.381 e. The van der Waals surface area contributed by atoms with Crippen molar-refractivity contribution in [2.75, 3.05) is 51.9 Å². The summed E-state index contributed by atoms with van der Waals surface area (Å²) in [7, 11) is -2.81. The number of rotatable bonds is 21. The molecule has 0 spiro atoms. The Bertz CT molecular complexity index is 478. The number of nitrogens with one attached hydrogen (secondary N) is 1. The number of hydroxylamine groups is 1. The standard InChI is InChI=1S/C25H51NO6SSi/c1-4-6-8-9-15-28-16-10-17-29-18-11-19-30-34(22-12-21-33-24(3)27)31-20-14-25(13-7-5-2)23-26-32-34/h25-26H,4-23H2,1-3H3. The van der Waals surface area contributed by atoms with Crippen molar-refractivity contribution in [3.05, 3.63) is 0 Å². The lowest BCUT2D eigenvalue weighted by Crippen LogP contribution is -2.52. The summed E-state index contributed by atoms with van der Waals surface area (Å²) < 4.78 is 30.0. The molecule has 1 fully saturated rings. The maximum Gasteiger partial charge on any atom is 0.517 e. The van der Waals surface area contributed by atoms with E-state index in [2.05, 4.69) is 19.3 Å². The average molecular weight is 522 g/mol. The molecular weight excluding hydrogens is 470 g/mol. The van der Waals surface area contributed by atoms with Gasteiger partial charge in [0.15, 0.2) is 5.12 Å². The van der Waals surface area contributed by atoms with Gasteiger partial charge in [0, 0.05) is 64.9 Å². The van der Waals surface area contributed by atoms with Crippen molar-refractivity contribution >= 4 is 25.7 Å². The summed E-state index contributed by atoms with van der Waals surface area (Å²) in [5.41, 5.74) is 3.18. The highest BCUT2D eigenvalue weighted by atomic mass is 32.2. The lowest BCUT2D eigenvalue weighted by Gasteiger charge is -2.33. The molecule has 34 heavy (non-hydrogen) atoms. The molecule has 0 amide bonds. The van der Waals surface area contributed by atoms with Crippen LogP contribution in [0.5, 0.6) is 0 Å². The molecule has 1 rings (SSSR count). The Labute approximate surface area is 214 Å². The number of thioether (sulfide) groups is 1. The Kier molecular flexibility index (Phi) is 20.9. The summed E-state index contributed by atoms with van der Waals surface area (Å²) in [5, 5.41) is 0.145. The number of carbonyl (C=O) groups is 1. The SMILES string of the molecule is CCCCCCOCCCOCCCO[Si]1(CCCSC(C)=O)OCCC(CCCC)CNO1. The van der Waals surface area contributed by atoms with Gasteiger partial charge in [-0.3, -0.25) is 9.32 Å². The van der Waals surface area contributed by atoms with Gasteiger partial charge >= 0.3 is 8.80 Å². The molecule has 0 saturated carbocycles. The molecule has 202 valence electrons. The van der Waals surface area contributed by atoms with E-state index in [-0.39, 0.29) is 5.12 Å². The number of unbranched alkanes of at least 4 members (excludes halogenated alkanes) is 4. The van der Waals surface area contributed by atoms with Crippen molar-refractivity contribution in [1.82, 2.24) is 5.48 Å². The molecule has 9 heteroatoms. The molecule has 0 aromatic carbocycles. The van der Waals surface area contributed by atoms with E-state index in [1.807, 2.05) is 0 Å². The predicted molar refractivity (Wildman–Crippen MR) is 142 cm³/mol. The van der Waals surface area contributed by atoms with Gasteiger partial charge in [0.05, 0.1) is 0 Å². The second-order valence-corrected chi connectivity index (χ2v) is 13.0. The summed E-state index contributed by atoms with van der Waals surface area (Å²) in [6.07, 6.45) is 12.2. The van der Waals surface area contributed by atoms with Gasteiger partial charge in [0.2, 0.25) is 0 Å². The Hall–Kier alpha value is -0.00312. The second kappa shape index (κ2) is 22.2. The minimum absolute atomic E-state index is 0.145. The zero-order valence-electron chi connectivity index (χ0n) is 22.1. The smallest absolute Gasteiger partial charge is 0.381 e. The lowest BCUT2D eigenvalue weighted by molar-refractivity contribution is -0.109. The Morgan fingerprint density at radius 3 is 2.35 bits per heavy atom. The van der Waals surface area contributed by atoms with Crippen molar-refractivity contribution < 1.29 is 27.6 Å². The Morgan fingerprint density at radius 1 is 0.941 bits per heavy atom. The first-order valence-corrected chi connectivity index (χ1v) is 16.5. The fourth-order valence-electron chi connectivity index (χ4n) is 3.78. The van der Waals surface area contributed by atoms with Crippen LogP contribution in [0.25, 0.3) is 0 Å². The summed E-state index contributed by atoms with van der Waals surface area (Å²) in [6, 6.07) is 0.719. The highest BCUT2D eigenvalue weighted by Crippen LogP contribution is 2.23. The highest BCUT2D eigenvalue weighted by molar-refractivity contribution is 8.13. The first kappa shape index (κ1) is 32.0. The van der Waals surface area contributed by atoms with E-state index < -0.39 is 8.80 Å². The second-order valence-electron chi connectivity index (χ2n) is 9.06. The normalized spacial score (nSPS) is 21.3. The maximum absolute atomic E-state index is 11.3.